The van der Waals surface area contributed by atoms with E-state index < -0.39 is 5.41 Å². The lowest BCUT2D eigenvalue weighted by molar-refractivity contribution is 0.658. The molecule has 4 aromatic heterocycles. The summed E-state index contributed by atoms with van der Waals surface area (Å²) in [5, 5.41) is 10.3. The topological polar surface area (TPSA) is 89.4 Å². The van der Waals surface area contributed by atoms with E-state index in [9.17, 15) is 10.1 Å². The van der Waals surface area contributed by atoms with Gasteiger partial charge in [0.2, 0.25) is 0 Å². The number of nitrogens with zero attached hydrogens (tertiary/aromatic N) is 6. The van der Waals surface area contributed by atoms with Gasteiger partial charge in [-0.3, -0.25) is 24.1 Å². The van der Waals surface area contributed by atoms with Crippen molar-refractivity contribution in [3.8, 4) is 22.9 Å². The third-order valence-electron chi connectivity index (χ3n) is 5.99. The largest absolute Gasteiger partial charge is 0.334 e. The molecule has 0 saturated heterocycles. The third-order valence-corrected chi connectivity index (χ3v) is 5.99. The summed E-state index contributed by atoms with van der Waals surface area (Å²) in [7, 11) is 0. The Kier molecular flexibility index (Phi) is 5.06. The molecule has 0 bridgehead atoms. The van der Waals surface area contributed by atoms with Crippen molar-refractivity contribution in [2.75, 3.05) is 0 Å². The minimum atomic E-state index is -0.727. The van der Waals surface area contributed by atoms with Crippen LogP contribution >= 0.6 is 0 Å². The van der Waals surface area contributed by atoms with E-state index in [0.29, 0.717) is 23.4 Å². The molecule has 1 aromatic carbocycles. The number of pyridine rings is 3. The van der Waals surface area contributed by atoms with Gasteiger partial charge in [0.05, 0.1) is 51.8 Å². The van der Waals surface area contributed by atoms with E-state index in [-0.39, 0.29) is 5.69 Å². The quantitative estimate of drug-likeness (QED) is 0.362. The van der Waals surface area contributed by atoms with E-state index >= 15 is 0 Å². The van der Waals surface area contributed by atoms with Gasteiger partial charge >= 0.3 is 5.69 Å². The van der Waals surface area contributed by atoms with E-state index in [0.717, 1.165) is 27.5 Å². The summed E-state index contributed by atoms with van der Waals surface area (Å²) in [5.74, 6) is 0. The van der Waals surface area contributed by atoms with Crippen LogP contribution in [0, 0.1) is 11.3 Å². The molecule has 0 radical (unpaired) electrons. The lowest BCUT2D eigenvalue weighted by Crippen LogP contribution is -2.23. The Bertz CT molecular complexity index is 1640. The van der Waals surface area contributed by atoms with Crippen molar-refractivity contribution < 1.29 is 0 Å². The number of nitriles is 1. The first-order chi connectivity index (χ1) is 16.4. The van der Waals surface area contributed by atoms with Crippen LogP contribution in [0.15, 0.2) is 84.7 Å². The highest BCUT2D eigenvalue weighted by Gasteiger charge is 2.23. The van der Waals surface area contributed by atoms with Gasteiger partial charge in [0.25, 0.3) is 0 Å². The second kappa shape index (κ2) is 8.09. The zero-order valence-corrected chi connectivity index (χ0v) is 18.9. The van der Waals surface area contributed by atoms with Gasteiger partial charge in [-0.25, -0.2) is 4.79 Å². The zero-order valence-electron chi connectivity index (χ0n) is 18.9. The Morgan fingerprint density at radius 3 is 2.62 bits per heavy atom. The maximum atomic E-state index is 13.6. The summed E-state index contributed by atoms with van der Waals surface area (Å²) < 4.78 is 3.31. The SMILES string of the molecule is C=CCn1c(=O)n(-c2ccc(C(C)(C)C#N)nc2)c2c3cc(-c4cccnc4)ccc3ncc21. The van der Waals surface area contributed by atoms with Crippen molar-refractivity contribution >= 4 is 21.9 Å². The Morgan fingerprint density at radius 2 is 1.94 bits per heavy atom. The molecule has 5 rings (SSSR count). The molecule has 0 spiro atoms. The van der Waals surface area contributed by atoms with E-state index in [1.54, 1.807) is 39.9 Å². The van der Waals surface area contributed by atoms with Crippen molar-refractivity contribution in [2.24, 2.45) is 0 Å². The third kappa shape index (κ3) is 3.37. The maximum absolute atomic E-state index is 13.6. The monoisotopic (exact) mass is 446 g/mol. The molecule has 0 unspecified atom stereocenters. The summed E-state index contributed by atoms with van der Waals surface area (Å²) in [6.07, 6.45) is 8.61. The Morgan fingerprint density at radius 1 is 1.09 bits per heavy atom. The van der Waals surface area contributed by atoms with Gasteiger partial charge in [-0.2, -0.15) is 5.26 Å². The van der Waals surface area contributed by atoms with Gasteiger partial charge in [0.1, 0.15) is 0 Å². The molecule has 0 aliphatic heterocycles. The van der Waals surface area contributed by atoms with E-state index in [4.69, 9.17) is 0 Å². The molecule has 7 heteroatoms. The number of imidazole rings is 1. The minimum Gasteiger partial charge on any atom is -0.286 e. The predicted molar refractivity (Wildman–Crippen MR) is 133 cm³/mol. The van der Waals surface area contributed by atoms with Gasteiger partial charge in [-0.1, -0.05) is 18.2 Å². The standard InChI is InChI=1S/C27H22N6O/c1-4-12-32-23-16-30-22-9-7-18(19-6-5-11-29-14-19)13-21(22)25(23)33(26(32)34)20-8-10-24(31-15-20)27(2,3)17-28/h4-11,13-16H,1,12H2,2-3H3. The molecule has 0 fully saturated rings. The first kappa shape index (κ1) is 21.3. The Hall–Kier alpha value is -4.57. The lowest BCUT2D eigenvalue weighted by atomic mass is 9.91. The molecule has 7 nitrogen and oxygen atoms in total. The Labute approximate surface area is 196 Å². The molecule has 0 saturated carbocycles. The van der Waals surface area contributed by atoms with Crippen LogP contribution in [0.25, 0.3) is 38.8 Å². The number of benzene rings is 1. The molecule has 0 aliphatic rings. The van der Waals surface area contributed by atoms with Crippen LogP contribution in [0.2, 0.25) is 0 Å². The highest BCUT2D eigenvalue weighted by molar-refractivity contribution is 6.04. The number of hydrogen-bond donors (Lipinski definition) is 0. The van der Waals surface area contributed by atoms with Crippen molar-refractivity contribution in [3.05, 3.63) is 96.1 Å². The zero-order chi connectivity index (χ0) is 23.9. The van der Waals surface area contributed by atoms with Gasteiger partial charge in [0, 0.05) is 29.9 Å². The fourth-order valence-electron chi connectivity index (χ4n) is 4.12. The highest BCUT2D eigenvalue weighted by Crippen LogP contribution is 2.30. The van der Waals surface area contributed by atoms with Crippen LogP contribution in [0.4, 0.5) is 0 Å². The highest BCUT2D eigenvalue weighted by atomic mass is 16.1. The predicted octanol–water partition coefficient (Wildman–Crippen LogP) is 4.78. The lowest BCUT2D eigenvalue weighted by Gasteiger charge is -2.15. The van der Waals surface area contributed by atoms with Crippen LogP contribution in [0.5, 0.6) is 0 Å². The van der Waals surface area contributed by atoms with Crippen molar-refractivity contribution in [1.82, 2.24) is 24.1 Å². The van der Waals surface area contributed by atoms with Crippen molar-refractivity contribution in [1.29, 1.82) is 5.26 Å². The summed E-state index contributed by atoms with van der Waals surface area (Å²) in [4.78, 5) is 26.9. The summed E-state index contributed by atoms with van der Waals surface area (Å²) >= 11 is 0. The van der Waals surface area contributed by atoms with Crippen LogP contribution < -0.4 is 5.69 Å². The number of hydrogen-bond acceptors (Lipinski definition) is 5. The van der Waals surface area contributed by atoms with E-state index in [1.165, 1.54) is 0 Å². The van der Waals surface area contributed by atoms with Gasteiger partial charge in [-0.05, 0) is 49.7 Å². The number of rotatable bonds is 5. The average molecular weight is 447 g/mol. The molecule has 0 N–H and O–H groups in total. The van der Waals surface area contributed by atoms with Crippen LogP contribution in [0.3, 0.4) is 0 Å². The van der Waals surface area contributed by atoms with Crippen molar-refractivity contribution in [3.63, 3.8) is 0 Å². The van der Waals surface area contributed by atoms with Gasteiger partial charge in [-0.15, -0.1) is 6.58 Å². The average Bonchev–Trinajstić information content (AvgIpc) is 3.16. The molecule has 5 aromatic rings. The van der Waals surface area contributed by atoms with Crippen LogP contribution in [-0.4, -0.2) is 24.1 Å². The number of allylic oxidation sites excluding steroid dienone is 1. The molecular weight excluding hydrogens is 424 g/mol. The van der Waals surface area contributed by atoms with Crippen LogP contribution in [0.1, 0.15) is 19.5 Å². The molecule has 166 valence electrons. The number of fused-ring (bicyclic) bond motifs is 3. The normalized spacial score (nSPS) is 11.6. The fourth-order valence-corrected chi connectivity index (χ4v) is 4.12. The summed E-state index contributed by atoms with van der Waals surface area (Å²) in [6.45, 7) is 7.79. The van der Waals surface area contributed by atoms with E-state index in [1.807, 2.05) is 56.4 Å². The minimum absolute atomic E-state index is 0.204. The first-order valence-corrected chi connectivity index (χ1v) is 10.9. The summed E-state index contributed by atoms with van der Waals surface area (Å²) in [6, 6.07) is 15.8. The molecular formula is C27H22N6O. The molecule has 0 aliphatic carbocycles. The van der Waals surface area contributed by atoms with Gasteiger partial charge in [0.15, 0.2) is 0 Å². The maximum Gasteiger partial charge on any atom is 0.334 e. The second-order valence-electron chi connectivity index (χ2n) is 8.62. The molecule has 0 atom stereocenters. The molecule has 4 heterocycles. The van der Waals surface area contributed by atoms with Gasteiger partial charge < -0.3 is 0 Å². The Balaban J connectivity index is 1.82. The first-order valence-electron chi connectivity index (χ1n) is 10.9. The van der Waals surface area contributed by atoms with E-state index in [2.05, 4.69) is 27.6 Å². The fraction of sp³-hybridized carbons (Fsp3) is 0.148. The molecule has 34 heavy (non-hydrogen) atoms. The van der Waals surface area contributed by atoms with Crippen LogP contribution in [-0.2, 0) is 12.0 Å². The second-order valence-corrected chi connectivity index (χ2v) is 8.62. The summed E-state index contributed by atoms with van der Waals surface area (Å²) in [5.41, 5.74) is 4.53. The number of aromatic nitrogens is 5. The molecule has 0 amide bonds. The van der Waals surface area contributed by atoms with Crippen molar-refractivity contribution in [2.45, 2.75) is 25.8 Å². The smallest absolute Gasteiger partial charge is 0.286 e.